The van der Waals surface area contributed by atoms with Crippen LogP contribution in [0.15, 0.2) is 42.5 Å². The summed E-state index contributed by atoms with van der Waals surface area (Å²) in [5.41, 5.74) is 2.86. The Bertz CT molecular complexity index is 850. The first-order valence-corrected chi connectivity index (χ1v) is 8.86. The van der Waals surface area contributed by atoms with Crippen molar-refractivity contribution < 1.29 is 14.4 Å². The number of hydrogen-bond donors (Lipinski definition) is 2. The second-order valence-corrected chi connectivity index (χ2v) is 6.59. The number of hydrogen-bond acceptors (Lipinski definition) is 3. The van der Waals surface area contributed by atoms with Gasteiger partial charge in [0.25, 0.3) is 0 Å². The van der Waals surface area contributed by atoms with Crippen LogP contribution in [-0.2, 0) is 14.4 Å². The molecule has 0 radical (unpaired) electrons. The molecule has 0 spiro atoms. The Morgan fingerprint density at radius 1 is 1.00 bits per heavy atom. The Balaban J connectivity index is 2.00. The second kappa shape index (κ2) is 9.19. The highest BCUT2D eigenvalue weighted by Gasteiger charge is 2.14. The molecule has 0 aromatic heterocycles. The van der Waals surface area contributed by atoms with E-state index in [1.165, 1.54) is 18.7 Å². The molecule has 2 N–H and O–H groups in total. The lowest BCUT2D eigenvalue weighted by molar-refractivity contribution is -0.117. The van der Waals surface area contributed by atoms with E-state index in [1.807, 2.05) is 6.92 Å². The van der Waals surface area contributed by atoms with Crippen LogP contribution in [0.25, 0.3) is 0 Å². The molecule has 6 nitrogen and oxygen atoms in total. The number of carbonyl (C=O) groups is 3. The first-order chi connectivity index (χ1) is 12.8. The smallest absolute Gasteiger partial charge is 0.226 e. The van der Waals surface area contributed by atoms with Crippen LogP contribution in [0.1, 0.15) is 25.8 Å². The number of rotatable bonds is 6. The molecule has 3 amide bonds. The van der Waals surface area contributed by atoms with Crippen LogP contribution < -0.4 is 15.5 Å². The predicted octanol–water partition coefficient (Wildman–Crippen LogP) is 3.99. The molecule has 142 valence electrons. The van der Waals surface area contributed by atoms with Crippen LogP contribution in [0.5, 0.6) is 0 Å². The standard InChI is InChI=1S/C20H22ClN3O3/c1-13-12-16(21)4-9-19(13)23-20(27)10-11-24(15(3)26)18-7-5-17(6-8-18)22-14(2)25/h4-9,12H,10-11H2,1-3H3,(H,22,25)(H,23,27). The number of amides is 3. The Hall–Kier alpha value is -2.86. The van der Waals surface area contributed by atoms with Crippen LogP contribution in [0.3, 0.4) is 0 Å². The van der Waals surface area contributed by atoms with Crippen molar-refractivity contribution in [3.63, 3.8) is 0 Å². The minimum absolute atomic E-state index is 0.148. The molecule has 2 aromatic carbocycles. The average Bonchev–Trinajstić information content (AvgIpc) is 2.58. The molecular formula is C20H22ClN3O3. The third-order valence-electron chi connectivity index (χ3n) is 3.90. The van der Waals surface area contributed by atoms with Crippen molar-refractivity contribution in [1.29, 1.82) is 0 Å². The van der Waals surface area contributed by atoms with Crippen molar-refractivity contribution in [3.05, 3.63) is 53.1 Å². The number of aryl methyl sites for hydroxylation is 1. The van der Waals surface area contributed by atoms with Gasteiger partial charge in [0.15, 0.2) is 0 Å². The molecule has 0 atom stereocenters. The highest BCUT2D eigenvalue weighted by molar-refractivity contribution is 6.30. The Morgan fingerprint density at radius 2 is 1.67 bits per heavy atom. The first-order valence-electron chi connectivity index (χ1n) is 8.48. The number of carbonyl (C=O) groups excluding carboxylic acids is 3. The highest BCUT2D eigenvalue weighted by atomic mass is 35.5. The van der Waals surface area contributed by atoms with Crippen molar-refractivity contribution in [2.75, 3.05) is 22.1 Å². The van der Waals surface area contributed by atoms with E-state index >= 15 is 0 Å². The summed E-state index contributed by atoms with van der Waals surface area (Å²) in [5.74, 6) is -0.528. The summed E-state index contributed by atoms with van der Waals surface area (Å²) >= 11 is 5.92. The maximum absolute atomic E-state index is 12.3. The molecule has 0 fully saturated rings. The Kier molecular flexibility index (Phi) is 6.96. The Morgan fingerprint density at radius 3 is 2.22 bits per heavy atom. The summed E-state index contributed by atoms with van der Waals surface area (Å²) < 4.78 is 0. The van der Waals surface area contributed by atoms with Gasteiger partial charge >= 0.3 is 0 Å². The molecule has 0 heterocycles. The lowest BCUT2D eigenvalue weighted by atomic mass is 10.2. The van der Waals surface area contributed by atoms with Crippen LogP contribution in [0.4, 0.5) is 17.1 Å². The minimum Gasteiger partial charge on any atom is -0.326 e. The number of nitrogens with zero attached hydrogens (tertiary/aromatic N) is 1. The minimum atomic E-state index is -0.193. The normalized spacial score (nSPS) is 10.2. The molecule has 0 aliphatic heterocycles. The summed E-state index contributed by atoms with van der Waals surface area (Å²) in [6, 6.07) is 12.1. The van der Waals surface area contributed by atoms with E-state index in [0.717, 1.165) is 5.56 Å². The van der Waals surface area contributed by atoms with E-state index in [1.54, 1.807) is 42.5 Å². The predicted molar refractivity (Wildman–Crippen MR) is 108 cm³/mol. The van der Waals surface area contributed by atoms with Gasteiger partial charge in [0.2, 0.25) is 17.7 Å². The monoisotopic (exact) mass is 387 g/mol. The van der Waals surface area contributed by atoms with Gasteiger partial charge in [-0.1, -0.05) is 11.6 Å². The summed E-state index contributed by atoms with van der Waals surface area (Å²) in [6.45, 7) is 4.98. The molecule has 0 saturated carbocycles. The van der Waals surface area contributed by atoms with Gasteiger partial charge in [-0.25, -0.2) is 0 Å². The van der Waals surface area contributed by atoms with Gasteiger partial charge in [-0.15, -0.1) is 0 Å². The van der Waals surface area contributed by atoms with Gasteiger partial charge in [0, 0.05) is 48.9 Å². The highest BCUT2D eigenvalue weighted by Crippen LogP contribution is 2.21. The summed E-state index contributed by atoms with van der Waals surface area (Å²) in [7, 11) is 0. The summed E-state index contributed by atoms with van der Waals surface area (Å²) in [5, 5.41) is 6.11. The summed E-state index contributed by atoms with van der Waals surface area (Å²) in [4.78, 5) is 36.8. The molecule has 0 aliphatic rings. The van der Waals surface area contributed by atoms with E-state index < -0.39 is 0 Å². The van der Waals surface area contributed by atoms with Crippen molar-refractivity contribution in [1.82, 2.24) is 0 Å². The van der Waals surface area contributed by atoms with Crippen molar-refractivity contribution in [2.24, 2.45) is 0 Å². The van der Waals surface area contributed by atoms with Crippen LogP contribution in [0, 0.1) is 6.92 Å². The molecule has 0 aliphatic carbocycles. The largest absolute Gasteiger partial charge is 0.326 e. The fourth-order valence-electron chi connectivity index (χ4n) is 2.59. The lowest BCUT2D eigenvalue weighted by Crippen LogP contribution is -2.32. The van der Waals surface area contributed by atoms with Crippen molar-refractivity contribution in [2.45, 2.75) is 27.2 Å². The number of anilines is 3. The zero-order chi connectivity index (χ0) is 20.0. The second-order valence-electron chi connectivity index (χ2n) is 6.16. The topological polar surface area (TPSA) is 78.5 Å². The molecule has 2 aromatic rings. The maximum atomic E-state index is 12.3. The number of nitrogens with one attached hydrogen (secondary N) is 2. The fourth-order valence-corrected chi connectivity index (χ4v) is 2.82. The van der Waals surface area contributed by atoms with Crippen LogP contribution in [0.2, 0.25) is 5.02 Å². The SMILES string of the molecule is CC(=O)Nc1ccc(N(CCC(=O)Nc2ccc(Cl)cc2C)C(C)=O)cc1. The number of benzene rings is 2. The molecule has 0 unspecified atom stereocenters. The van der Waals surface area contributed by atoms with E-state index in [-0.39, 0.29) is 30.7 Å². The third-order valence-corrected chi connectivity index (χ3v) is 4.14. The van der Waals surface area contributed by atoms with Gasteiger partial charge in [0.05, 0.1) is 0 Å². The van der Waals surface area contributed by atoms with E-state index in [2.05, 4.69) is 10.6 Å². The van der Waals surface area contributed by atoms with E-state index in [4.69, 9.17) is 11.6 Å². The lowest BCUT2D eigenvalue weighted by Gasteiger charge is -2.21. The average molecular weight is 388 g/mol. The van der Waals surface area contributed by atoms with Crippen LogP contribution >= 0.6 is 11.6 Å². The third kappa shape index (κ3) is 6.11. The Labute approximate surface area is 163 Å². The van der Waals surface area contributed by atoms with Gasteiger partial charge in [-0.05, 0) is 55.0 Å². The molecule has 0 bridgehead atoms. The molecule has 27 heavy (non-hydrogen) atoms. The van der Waals surface area contributed by atoms with Gasteiger partial charge in [-0.3, -0.25) is 14.4 Å². The maximum Gasteiger partial charge on any atom is 0.226 e. The number of halogens is 1. The van der Waals surface area contributed by atoms with Gasteiger partial charge < -0.3 is 15.5 Å². The molecular weight excluding hydrogens is 366 g/mol. The summed E-state index contributed by atoms with van der Waals surface area (Å²) in [6.07, 6.45) is 0.148. The van der Waals surface area contributed by atoms with Crippen LogP contribution in [-0.4, -0.2) is 24.3 Å². The first kappa shape index (κ1) is 20.5. The fraction of sp³-hybridized carbons (Fsp3) is 0.250. The zero-order valence-corrected chi connectivity index (χ0v) is 16.3. The van der Waals surface area contributed by atoms with E-state index in [0.29, 0.717) is 22.1 Å². The zero-order valence-electron chi connectivity index (χ0n) is 15.5. The van der Waals surface area contributed by atoms with E-state index in [9.17, 15) is 14.4 Å². The van der Waals surface area contributed by atoms with Gasteiger partial charge in [-0.2, -0.15) is 0 Å². The van der Waals surface area contributed by atoms with Gasteiger partial charge in [0.1, 0.15) is 0 Å². The molecule has 2 rings (SSSR count). The quantitative estimate of drug-likeness (QED) is 0.786. The molecule has 7 heteroatoms. The molecule has 0 saturated heterocycles. The van der Waals surface area contributed by atoms with Crippen molar-refractivity contribution >= 4 is 46.4 Å². The van der Waals surface area contributed by atoms with Crippen molar-refractivity contribution in [3.8, 4) is 0 Å².